The fourth-order valence-corrected chi connectivity index (χ4v) is 1.39. The lowest BCUT2D eigenvalue weighted by Gasteiger charge is -1.99. The molecule has 0 aromatic heterocycles. The molecule has 2 aliphatic rings. The highest BCUT2D eigenvalue weighted by Gasteiger charge is 1.94. The third kappa shape index (κ3) is 4.86. The second-order valence-electron chi connectivity index (χ2n) is 3.87. The summed E-state index contributed by atoms with van der Waals surface area (Å²) in [4.78, 5) is 8.12. The molecule has 0 atom stereocenters. The van der Waals surface area contributed by atoms with Gasteiger partial charge < -0.3 is 0 Å². The molecule has 4 nitrogen and oxygen atoms in total. The van der Waals surface area contributed by atoms with E-state index in [-0.39, 0.29) is 0 Å². The van der Waals surface area contributed by atoms with E-state index >= 15 is 0 Å². The van der Waals surface area contributed by atoms with E-state index in [1.165, 1.54) is 18.4 Å². The van der Waals surface area contributed by atoms with Crippen molar-refractivity contribution in [2.75, 3.05) is 0 Å². The minimum absolute atomic E-state index is 0.474. The molecule has 0 aromatic rings. The van der Waals surface area contributed by atoms with Crippen molar-refractivity contribution in [2.45, 2.75) is 12.8 Å². The second-order valence-corrected chi connectivity index (χ2v) is 3.87. The standard InChI is InChI=1S/C15H13FN4/c16-13-4-3-9-17-11-8-15(20-19-12-13)7-6-14-5-1-2-10-18-14/h3-5,8-12,20H,1-2H2/b9-3+,13-4?,15-8?,17-11?,19-12?. The number of hydrazone groups is 1. The molecule has 0 unspecified atom stereocenters. The lowest BCUT2D eigenvalue weighted by atomic mass is 10.2. The number of rotatable bonds is 0. The van der Waals surface area contributed by atoms with Crippen LogP contribution in [-0.4, -0.2) is 18.6 Å². The average Bonchev–Trinajstić information content (AvgIpc) is 2.52. The molecule has 0 aromatic carbocycles. The fourth-order valence-electron chi connectivity index (χ4n) is 1.39. The Labute approximate surface area is 116 Å². The van der Waals surface area contributed by atoms with E-state index in [1.54, 1.807) is 12.3 Å². The number of allylic oxidation sites excluding steroid dienone is 7. The second kappa shape index (κ2) is 7.64. The Morgan fingerprint density at radius 1 is 1.20 bits per heavy atom. The zero-order valence-corrected chi connectivity index (χ0v) is 10.8. The summed E-state index contributed by atoms with van der Waals surface area (Å²) in [5, 5.41) is 3.76. The van der Waals surface area contributed by atoms with E-state index in [0.717, 1.165) is 24.8 Å². The van der Waals surface area contributed by atoms with Crippen LogP contribution in [0.4, 0.5) is 4.39 Å². The van der Waals surface area contributed by atoms with Gasteiger partial charge in [0.15, 0.2) is 0 Å². The van der Waals surface area contributed by atoms with Crippen LogP contribution in [0.3, 0.4) is 0 Å². The van der Waals surface area contributed by atoms with Crippen LogP contribution < -0.4 is 5.43 Å². The predicted octanol–water partition coefficient (Wildman–Crippen LogP) is 2.65. The summed E-state index contributed by atoms with van der Waals surface area (Å²) in [5.41, 5.74) is 3.90. The number of aliphatic imine (C=N–C) groups is 2. The molecular formula is C15H13FN4. The summed E-state index contributed by atoms with van der Waals surface area (Å²) in [6, 6.07) is 0. The van der Waals surface area contributed by atoms with E-state index in [0.29, 0.717) is 5.70 Å². The topological polar surface area (TPSA) is 49.1 Å². The van der Waals surface area contributed by atoms with Crippen LogP contribution in [0.5, 0.6) is 0 Å². The molecule has 1 N–H and O–H groups in total. The number of hydrogen-bond donors (Lipinski definition) is 1. The molecule has 2 aliphatic heterocycles. The molecular weight excluding hydrogens is 255 g/mol. The number of hydrogen-bond acceptors (Lipinski definition) is 4. The SMILES string of the molecule is FC1=C/C=C/N=CC=C(C#CC2=CCCC=N2)NN=C1. The molecule has 0 saturated carbocycles. The molecule has 0 amide bonds. The third-order valence-electron chi connectivity index (χ3n) is 2.32. The molecule has 100 valence electrons. The first-order valence-corrected chi connectivity index (χ1v) is 6.14. The van der Waals surface area contributed by atoms with Crippen molar-refractivity contribution in [3.05, 3.63) is 47.7 Å². The van der Waals surface area contributed by atoms with E-state index in [1.807, 2.05) is 12.3 Å². The highest BCUT2D eigenvalue weighted by atomic mass is 19.1. The van der Waals surface area contributed by atoms with Crippen molar-refractivity contribution in [3.8, 4) is 11.8 Å². The summed E-state index contributed by atoms with van der Waals surface area (Å²) in [6.07, 6.45) is 14.2. The maximum absolute atomic E-state index is 13.2. The Kier molecular flexibility index (Phi) is 5.23. The first-order valence-electron chi connectivity index (χ1n) is 6.14. The van der Waals surface area contributed by atoms with Gasteiger partial charge in [0.2, 0.25) is 0 Å². The molecule has 2 rings (SSSR count). The van der Waals surface area contributed by atoms with Crippen molar-refractivity contribution in [1.82, 2.24) is 5.43 Å². The van der Waals surface area contributed by atoms with Gasteiger partial charge in [0.05, 0.1) is 6.21 Å². The van der Waals surface area contributed by atoms with Crippen molar-refractivity contribution in [3.63, 3.8) is 0 Å². The molecule has 2 heterocycles. The molecule has 0 fully saturated rings. The molecule has 0 aliphatic carbocycles. The Balaban J connectivity index is 2.15. The van der Waals surface area contributed by atoms with E-state index < -0.39 is 5.83 Å². The van der Waals surface area contributed by atoms with Crippen LogP contribution in [0.15, 0.2) is 62.8 Å². The van der Waals surface area contributed by atoms with Gasteiger partial charge in [-0.05, 0) is 49.0 Å². The Hall–Kier alpha value is -2.74. The zero-order valence-electron chi connectivity index (χ0n) is 10.8. The minimum Gasteiger partial charge on any atom is -0.270 e. The molecule has 0 bridgehead atoms. The quantitative estimate of drug-likeness (QED) is 0.675. The summed E-state index contributed by atoms with van der Waals surface area (Å²) in [5.74, 6) is 5.34. The van der Waals surface area contributed by atoms with Gasteiger partial charge in [0, 0.05) is 18.6 Å². The monoisotopic (exact) mass is 268 g/mol. The smallest absolute Gasteiger partial charge is 0.143 e. The van der Waals surface area contributed by atoms with Gasteiger partial charge in [-0.1, -0.05) is 0 Å². The Morgan fingerprint density at radius 3 is 3.00 bits per heavy atom. The van der Waals surface area contributed by atoms with Crippen molar-refractivity contribution < 1.29 is 4.39 Å². The molecule has 0 saturated heterocycles. The van der Waals surface area contributed by atoms with Crippen molar-refractivity contribution in [2.24, 2.45) is 15.1 Å². The highest BCUT2D eigenvalue weighted by molar-refractivity contribution is 5.77. The van der Waals surface area contributed by atoms with Gasteiger partial charge in [-0.3, -0.25) is 15.4 Å². The maximum atomic E-state index is 13.2. The summed E-state index contributed by atoms with van der Waals surface area (Å²) in [6.45, 7) is 0. The zero-order chi connectivity index (χ0) is 14.0. The maximum Gasteiger partial charge on any atom is 0.143 e. The number of nitrogens with zero attached hydrogens (tertiary/aromatic N) is 3. The van der Waals surface area contributed by atoms with Crippen LogP contribution in [0, 0.1) is 11.8 Å². The summed E-state index contributed by atoms with van der Waals surface area (Å²) < 4.78 is 13.2. The van der Waals surface area contributed by atoms with Gasteiger partial charge >= 0.3 is 0 Å². The molecule has 20 heavy (non-hydrogen) atoms. The first kappa shape index (κ1) is 13.7. The lowest BCUT2D eigenvalue weighted by Crippen LogP contribution is -2.04. The highest BCUT2D eigenvalue weighted by Crippen LogP contribution is 2.05. The first-order chi connectivity index (χ1) is 9.84. The van der Waals surface area contributed by atoms with Crippen LogP contribution >= 0.6 is 0 Å². The summed E-state index contributed by atoms with van der Waals surface area (Å²) >= 11 is 0. The van der Waals surface area contributed by atoms with Gasteiger partial charge in [0.1, 0.15) is 17.2 Å². The Bertz CT molecular complexity index is 622. The van der Waals surface area contributed by atoms with E-state index in [2.05, 4.69) is 32.4 Å². The normalized spacial score (nSPS) is 19.6. The average molecular weight is 268 g/mol. The minimum atomic E-state index is -0.474. The van der Waals surface area contributed by atoms with Crippen LogP contribution in [0.25, 0.3) is 0 Å². The molecule has 0 spiro atoms. The van der Waals surface area contributed by atoms with E-state index in [4.69, 9.17) is 0 Å². The number of halogens is 1. The predicted molar refractivity (Wildman–Crippen MR) is 80.1 cm³/mol. The van der Waals surface area contributed by atoms with Gasteiger partial charge in [0.25, 0.3) is 0 Å². The fraction of sp³-hybridized carbons (Fsp3) is 0.133. The molecule has 0 radical (unpaired) electrons. The van der Waals surface area contributed by atoms with Gasteiger partial charge in [-0.15, -0.1) is 0 Å². The number of nitrogens with one attached hydrogen (secondary N) is 1. The summed E-state index contributed by atoms with van der Waals surface area (Å²) in [7, 11) is 0. The van der Waals surface area contributed by atoms with Crippen molar-refractivity contribution >= 4 is 18.6 Å². The van der Waals surface area contributed by atoms with Crippen LogP contribution in [0.1, 0.15) is 12.8 Å². The van der Waals surface area contributed by atoms with Gasteiger partial charge in [-0.2, -0.15) is 5.10 Å². The van der Waals surface area contributed by atoms with Crippen molar-refractivity contribution in [1.29, 1.82) is 0 Å². The van der Waals surface area contributed by atoms with Crippen LogP contribution in [-0.2, 0) is 0 Å². The Morgan fingerprint density at radius 2 is 2.15 bits per heavy atom. The molecule has 5 heteroatoms. The van der Waals surface area contributed by atoms with Crippen LogP contribution in [0.2, 0.25) is 0 Å². The largest absolute Gasteiger partial charge is 0.270 e. The third-order valence-corrected chi connectivity index (χ3v) is 2.32. The lowest BCUT2D eigenvalue weighted by molar-refractivity contribution is 0.684. The van der Waals surface area contributed by atoms with E-state index in [9.17, 15) is 4.39 Å². The van der Waals surface area contributed by atoms with Gasteiger partial charge in [-0.25, -0.2) is 4.39 Å².